The van der Waals surface area contributed by atoms with Crippen LogP contribution >= 0.6 is 0 Å². The maximum atomic E-state index is 12.3. The van der Waals surface area contributed by atoms with E-state index in [0.717, 1.165) is 41.8 Å². The molecule has 0 aromatic heterocycles. The molecule has 1 amide bonds. The Morgan fingerprint density at radius 2 is 2.05 bits per heavy atom. The summed E-state index contributed by atoms with van der Waals surface area (Å²) in [7, 11) is 3.56. The van der Waals surface area contributed by atoms with E-state index in [9.17, 15) is 4.79 Å². The monoisotopic (exact) mass is 276 g/mol. The van der Waals surface area contributed by atoms with Crippen LogP contribution in [0.5, 0.6) is 5.75 Å². The normalized spacial score (nSPS) is 18.1. The van der Waals surface area contributed by atoms with Crippen molar-refractivity contribution in [1.82, 2.24) is 10.2 Å². The van der Waals surface area contributed by atoms with Gasteiger partial charge in [0.05, 0.1) is 13.2 Å². The van der Waals surface area contributed by atoms with Crippen molar-refractivity contribution in [1.29, 1.82) is 0 Å². The lowest BCUT2D eigenvalue weighted by Crippen LogP contribution is -2.41. The lowest BCUT2D eigenvalue weighted by molar-refractivity contribution is -0.132. The molecule has 2 rings (SSSR count). The number of carbonyl (C=O) groups excluding carboxylic acids is 1. The van der Waals surface area contributed by atoms with Gasteiger partial charge < -0.3 is 15.0 Å². The van der Waals surface area contributed by atoms with E-state index in [4.69, 9.17) is 4.74 Å². The largest absolute Gasteiger partial charge is 0.496 e. The average molecular weight is 276 g/mol. The molecule has 1 fully saturated rings. The van der Waals surface area contributed by atoms with Gasteiger partial charge in [-0.25, -0.2) is 0 Å². The summed E-state index contributed by atoms with van der Waals surface area (Å²) in [6, 6.07) is 4.19. The molecule has 4 heteroatoms. The lowest BCUT2D eigenvalue weighted by Gasteiger charge is -2.22. The van der Waals surface area contributed by atoms with Crippen LogP contribution in [0, 0.1) is 13.8 Å². The molecule has 4 nitrogen and oxygen atoms in total. The van der Waals surface area contributed by atoms with Crippen LogP contribution in [0.4, 0.5) is 0 Å². The van der Waals surface area contributed by atoms with Gasteiger partial charge in [0.2, 0.25) is 5.91 Å². The van der Waals surface area contributed by atoms with Gasteiger partial charge in [-0.3, -0.25) is 4.79 Å². The van der Waals surface area contributed by atoms with Crippen LogP contribution in [0.2, 0.25) is 0 Å². The Labute approximate surface area is 121 Å². The van der Waals surface area contributed by atoms with E-state index in [-0.39, 0.29) is 11.9 Å². The summed E-state index contributed by atoms with van der Waals surface area (Å²) < 4.78 is 5.37. The maximum Gasteiger partial charge on any atom is 0.239 e. The summed E-state index contributed by atoms with van der Waals surface area (Å²) in [4.78, 5) is 14.1. The highest BCUT2D eigenvalue weighted by Gasteiger charge is 2.25. The van der Waals surface area contributed by atoms with Gasteiger partial charge in [-0.15, -0.1) is 0 Å². The highest BCUT2D eigenvalue weighted by Crippen LogP contribution is 2.25. The number of amides is 1. The molecule has 1 atom stereocenters. The Bertz CT molecular complexity index is 470. The molecule has 20 heavy (non-hydrogen) atoms. The van der Waals surface area contributed by atoms with Crippen LogP contribution in [0.25, 0.3) is 0 Å². The summed E-state index contributed by atoms with van der Waals surface area (Å²) in [6.45, 7) is 5.67. The zero-order valence-electron chi connectivity index (χ0n) is 12.8. The second-order valence-electron chi connectivity index (χ2n) is 5.61. The molecule has 1 N–H and O–H groups in total. The Morgan fingerprint density at radius 1 is 1.40 bits per heavy atom. The van der Waals surface area contributed by atoms with Crippen LogP contribution in [-0.4, -0.2) is 37.6 Å². The van der Waals surface area contributed by atoms with E-state index in [1.54, 1.807) is 7.11 Å². The third-order valence-electron chi connectivity index (χ3n) is 3.88. The zero-order chi connectivity index (χ0) is 14.7. The lowest BCUT2D eigenvalue weighted by atomic mass is 10.0. The fourth-order valence-corrected chi connectivity index (χ4v) is 2.97. The second-order valence-corrected chi connectivity index (χ2v) is 5.61. The first-order chi connectivity index (χ1) is 9.52. The second kappa shape index (κ2) is 6.27. The average Bonchev–Trinajstić information content (AvgIpc) is 2.91. The molecule has 1 aromatic rings. The molecule has 1 aliphatic rings. The minimum atomic E-state index is 0.000409. The van der Waals surface area contributed by atoms with Gasteiger partial charge in [0.1, 0.15) is 5.75 Å². The van der Waals surface area contributed by atoms with Gasteiger partial charge in [0, 0.05) is 13.6 Å². The van der Waals surface area contributed by atoms with E-state index in [1.165, 1.54) is 0 Å². The van der Waals surface area contributed by atoms with Crippen LogP contribution in [0.3, 0.4) is 0 Å². The first-order valence-corrected chi connectivity index (χ1v) is 7.15. The number of hydrogen-bond acceptors (Lipinski definition) is 3. The smallest absolute Gasteiger partial charge is 0.239 e. The standard InChI is InChI=1S/C16H24N2O2/c1-11-8-13(9-12(2)15(11)20-4)10-18(3)16(19)14-6-5-7-17-14/h8-9,14,17H,5-7,10H2,1-4H3. The minimum Gasteiger partial charge on any atom is -0.496 e. The molecule has 1 saturated heterocycles. The quantitative estimate of drug-likeness (QED) is 0.915. The van der Waals surface area contributed by atoms with Crippen LogP contribution < -0.4 is 10.1 Å². The van der Waals surface area contributed by atoms with Gasteiger partial charge in [-0.05, 0) is 49.9 Å². The number of methoxy groups -OCH3 is 1. The van der Waals surface area contributed by atoms with Crippen molar-refractivity contribution in [2.45, 2.75) is 39.3 Å². The van der Waals surface area contributed by atoms with E-state index in [1.807, 2.05) is 25.8 Å². The van der Waals surface area contributed by atoms with E-state index in [2.05, 4.69) is 17.4 Å². The van der Waals surface area contributed by atoms with Crippen LogP contribution in [0.1, 0.15) is 29.5 Å². The molecule has 0 saturated carbocycles. The van der Waals surface area contributed by atoms with Crippen LogP contribution in [-0.2, 0) is 11.3 Å². The molecule has 1 heterocycles. The van der Waals surface area contributed by atoms with Crippen molar-refractivity contribution in [2.75, 3.05) is 20.7 Å². The summed E-state index contributed by atoms with van der Waals surface area (Å²) in [5.41, 5.74) is 3.37. The predicted octanol–water partition coefficient (Wildman–Crippen LogP) is 2.02. The summed E-state index contributed by atoms with van der Waals surface area (Å²) in [5.74, 6) is 1.12. The van der Waals surface area contributed by atoms with Crippen molar-refractivity contribution in [2.24, 2.45) is 0 Å². The highest BCUT2D eigenvalue weighted by atomic mass is 16.5. The number of ether oxygens (including phenoxy) is 1. The Hall–Kier alpha value is -1.55. The SMILES string of the molecule is COc1c(C)cc(CN(C)C(=O)C2CCCN2)cc1C. The van der Waals surface area contributed by atoms with Gasteiger partial charge in [0.15, 0.2) is 0 Å². The number of hydrogen-bond donors (Lipinski definition) is 1. The first kappa shape index (κ1) is 14.9. The fraction of sp³-hybridized carbons (Fsp3) is 0.562. The molecule has 0 aliphatic carbocycles. The third-order valence-corrected chi connectivity index (χ3v) is 3.88. The number of nitrogens with zero attached hydrogens (tertiary/aromatic N) is 1. The summed E-state index contributed by atoms with van der Waals surface area (Å²) in [6.07, 6.45) is 2.04. The topological polar surface area (TPSA) is 41.6 Å². The van der Waals surface area contributed by atoms with Crippen molar-refractivity contribution in [3.05, 3.63) is 28.8 Å². The number of nitrogens with one attached hydrogen (secondary N) is 1. The van der Waals surface area contributed by atoms with Gasteiger partial charge in [-0.2, -0.15) is 0 Å². The Balaban J connectivity index is 2.07. The fourth-order valence-electron chi connectivity index (χ4n) is 2.97. The molecule has 0 radical (unpaired) electrons. The van der Waals surface area contributed by atoms with Gasteiger partial charge in [0.25, 0.3) is 0 Å². The molecule has 1 aromatic carbocycles. The summed E-state index contributed by atoms with van der Waals surface area (Å²) in [5, 5.41) is 3.25. The first-order valence-electron chi connectivity index (χ1n) is 7.15. The Kier molecular flexibility index (Phi) is 4.65. The number of benzene rings is 1. The van der Waals surface area contributed by atoms with Gasteiger partial charge >= 0.3 is 0 Å². The molecule has 1 aliphatic heterocycles. The predicted molar refractivity (Wildman–Crippen MR) is 80.0 cm³/mol. The van der Waals surface area contributed by atoms with Crippen molar-refractivity contribution in [3.63, 3.8) is 0 Å². The zero-order valence-corrected chi connectivity index (χ0v) is 12.8. The van der Waals surface area contributed by atoms with Crippen LogP contribution in [0.15, 0.2) is 12.1 Å². The minimum absolute atomic E-state index is 0.000409. The molecule has 0 bridgehead atoms. The third kappa shape index (κ3) is 3.12. The molecule has 0 spiro atoms. The number of aryl methyl sites for hydroxylation is 2. The number of carbonyl (C=O) groups is 1. The number of rotatable bonds is 4. The highest BCUT2D eigenvalue weighted by molar-refractivity contribution is 5.81. The molecular weight excluding hydrogens is 252 g/mol. The number of likely N-dealkylation sites (N-methyl/N-ethyl adjacent to an activating group) is 1. The molecular formula is C16H24N2O2. The van der Waals surface area contributed by atoms with E-state index in [0.29, 0.717) is 6.54 Å². The van der Waals surface area contributed by atoms with Crippen molar-refractivity contribution in [3.8, 4) is 5.75 Å². The maximum absolute atomic E-state index is 12.3. The van der Waals surface area contributed by atoms with E-state index < -0.39 is 0 Å². The van der Waals surface area contributed by atoms with Crippen molar-refractivity contribution < 1.29 is 9.53 Å². The van der Waals surface area contributed by atoms with Crippen molar-refractivity contribution >= 4 is 5.91 Å². The molecule has 1 unspecified atom stereocenters. The Morgan fingerprint density at radius 3 is 2.55 bits per heavy atom. The molecule has 110 valence electrons. The van der Waals surface area contributed by atoms with Gasteiger partial charge in [-0.1, -0.05) is 12.1 Å². The van der Waals surface area contributed by atoms with E-state index >= 15 is 0 Å². The summed E-state index contributed by atoms with van der Waals surface area (Å²) >= 11 is 0.